The molecule has 0 aliphatic carbocycles. The number of nitrogens with zero attached hydrogens (tertiary/aromatic N) is 1. The first kappa shape index (κ1) is 17.9. The summed E-state index contributed by atoms with van der Waals surface area (Å²) in [5.74, 6) is -1.49. The molecule has 0 bridgehead atoms. The lowest BCUT2D eigenvalue weighted by Gasteiger charge is -2.06. The Kier molecular flexibility index (Phi) is 7.33. The highest BCUT2D eigenvalue weighted by Gasteiger charge is 2.11. The maximum Gasteiger partial charge on any atom is 0.329 e. The third-order valence-electron chi connectivity index (χ3n) is 2.45. The van der Waals surface area contributed by atoms with Gasteiger partial charge in [-0.1, -0.05) is 0 Å². The number of halogens is 1. The van der Waals surface area contributed by atoms with Gasteiger partial charge in [0, 0.05) is 13.7 Å². The van der Waals surface area contributed by atoms with Gasteiger partial charge in [0.15, 0.2) is 11.5 Å². The van der Waals surface area contributed by atoms with E-state index in [4.69, 9.17) is 9.47 Å². The van der Waals surface area contributed by atoms with Gasteiger partial charge in [-0.05, 0) is 33.6 Å². The monoisotopic (exact) mass is 373 g/mol. The van der Waals surface area contributed by atoms with Crippen LogP contribution in [0.3, 0.4) is 0 Å². The number of aromatic hydroxyl groups is 1. The Morgan fingerprint density at radius 3 is 2.73 bits per heavy atom. The van der Waals surface area contributed by atoms with Crippen molar-refractivity contribution in [1.29, 1.82) is 0 Å². The number of hydrogen-bond acceptors (Lipinski definition) is 6. The third-order valence-corrected chi connectivity index (χ3v) is 3.05. The van der Waals surface area contributed by atoms with E-state index < -0.39 is 11.8 Å². The van der Waals surface area contributed by atoms with Crippen molar-refractivity contribution < 1.29 is 24.2 Å². The van der Waals surface area contributed by atoms with Gasteiger partial charge in [0.1, 0.15) is 0 Å². The fourth-order valence-electron chi connectivity index (χ4n) is 1.39. The van der Waals surface area contributed by atoms with Crippen LogP contribution in [0.1, 0.15) is 5.56 Å². The average Bonchev–Trinajstić information content (AvgIpc) is 2.50. The number of hydrazone groups is 1. The largest absolute Gasteiger partial charge is 0.503 e. The van der Waals surface area contributed by atoms with Gasteiger partial charge in [-0.15, -0.1) is 0 Å². The maximum absolute atomic E-state index is 11.4. The summed E-state index contributed by atoms with van der Waals surface area (Å²) in [5.41, 5.74) is 2.65. The molecule has 3 N–H and O–H groups in total. The second kappa shape index (κ2) is 9.00. The Balaban J connectivity index is 2.60. The summed E-state index contributed by atoms with van der Waals surface area (Å²) in [6, 6.07) is 3.10. The SMILES string of the molecule is COCCNC(=O)C(=O)N/N=C\c1cc(Br)c(O)c(OC)c1. The molecule has 9 heteroatoms. The predicted octanol–water partition coefficient (Wildman–Crippen LogP) is 0.376. The van der Waals surface area contributed by atoms with Gasteiger partial charge in [-0.25, -0.2) is 5.43 Å². The topological polar surface area (TPSA) is 109 Å². The van der Waals surface area contributed by atoms with E-state index in [1.165, 1.54) is 26.5 Å². The van der Waals surface area contributed by atoms with E-state index >= 15 is 0 Å². The van der Waals surface area contributed by atoms with Gasteiger partial charge in [-0.3, -0.25) is 9.59 Å². The smallest absolute Gasteiger partial charge is 0.329 e. The summed E-state index contributed by atoms with van der Waals surface area (Å²) >= 11 is 3.16. The number of hydrogen-bond donors (Lipinski definition) is 3. The molecule has 0 saturated carbocycles. The standard InChI is InChI=1S/C13H16BrN3O5/c1-21-4-3-15-12(19)13(20)17-16-7-8-5-9(14)11(18)10(6-8)22-2/h5-7,18H,3-4H2,1-2H3,(H,15,19)(H,17,20)/b16-7-. The molecule has 0 heterocycles. The Labute approximate surface area is 135 Å². The minimum absolute atomic E-state index is 0.0405. The van der Waals surface area contributed by atoms with Gasteiger partial charge in [-0.2, -0.15) is 5.10 Å². The minimum Gasteiger partial charge on any atom is -0.503 e. The summed E-state index contributed by atoms with van der Waals surface area (Å²) < 4.78 is 10.1. The molecule has 120 valence electrons. The van der Waals surface area contributed by atoms with Crippen LogP contribution in [0.4, 0.5) is 0 Å². The molecule has 1 aromatic carbocycles. The second-order valence-corrected chi connectivity index (χ2v) is 4.86. The van der Waals surface area contributed by atoms with Crippen molar-refractivity contribution in [3.05, 3.63) is 22.2 Å². The zero-order valence-corrected chi connectivity index (χ0v) is 13.6. The van der Waals surface area contributed by atoms with Gasteiger partial charge in [0.2, 0.25) is 0 Å². The average molecular weight is 374 g/mol. The highest BCUT2D eigenvalue weighted by atomic mass is 79.9. The van der Waals surface area contributed by atoms with Crippen LogP contribution < -0.4 is 15.5 Å². The van der Waals surface area contributed by atoms with Crippen molar-refractivity contribution in [2.24, 2.45) is 5.10 Å². The number of carbonyl (C=O) groups is 2. The summed E-state index contributed by atoms with van der Waals surface area (Å²) in [7, 11) is 2.90. The molecule has 0 aliphatic heterocycles. The molecule has 1 rings (SSSR count). The summed E-state index contributed by atoms with van der Waals surface area (Å²) in [6.07, 6.45) is 1.31. The first-order valence-corrected chi connectivity index (χ1v) is 6.95. The van der Waals surface area contributed by atoms with E-state index in [1.54, 1.807) is 6.07 Å². The van der Waals surface area contributed by atoms with Crippen molar-refractivity contribution in [1.82, 2.24) is 10.7 Å². The molecular weight excluding hydrogens is 358 g/mol. The normalized spacial score (nSPS) is 10.5. The molecule has 0 atom stereocenters. The van der Waals surface area contributed by atoms with E-state index in [2.05, 4.69) is 31.8 Å². The highest BCUT2D eigenvalue weighted by molar-refractivity contribution is 9.10. The molecule has 0 radical (unpaired) electrons. The van der Waals surface area contributed by atoms with Gasteiger partial charge in [0.05, 0.1) is 24.4 Å². The lowest BCUT2D eigenvalue weighted by molar-refractivity contribution is -0.139. The molecule has 22 heavy (non-hydrogen) atoms. The Morgan fingerprint density at radius 2 is 2.09 bits per heavy atom. The van der Waals surface area contributed by atoms with Crippen LogP contribution in [0.2, 0.25) is 0 Å². The number of methoxy groups -OCH3 is 2. The fourth-order valence-corrected chi connectivity index (χ4v) is 1.85. The summed E-state index contributed by atoms with van der Waals surface area (Å²) in [4.78, 5) is 22.8. The van der Waals surface area contributed by atoms with E-state index in [1.807, 2.05) is 0 Å². The van der Waals surface area contributed by atoms with E-state index in [9.17, 15) is 14.7 Å². The van der Waals surface area contributed by atoms with Crippen LogP contribution >= 0.6 is 15.9 Å². The first-order valence-electron chi connectivity index (χ1n) is 6.16. The Morgan fingerprint density at radius 1 is 1.36 bits per heavy atom. The number of ether oxygens (including phenoxy) is 2. The van der Waals surface area contributed by atoms with Crippen molar-refractivity contribution in [3.63, 3.8) is 0 Å². The number of rotatable bonds is 6. The lowest BCUT2D eigenvalue weighted by atomic mass is 10.2. The van der Waals surface area contributed by atoms with E-state index in [-0.39, 0.29) is 18.0 Å². The number of phenolic OH excluding ortho intramolecular Hbond substituents is 1. The number of nitrogens with one attached hydrogen (secondary N) is 2. The number of benzene rings is 1. The Hall–Kier alpha value is -2.13. The van der Waals surface area contributed by atoms with Gasteiger partial charge >= 0.3 is 11.8 Å². The quantitative estimate of drug-likeness (QED) is 0.289. The van der Waals surface area contributed by atoms with E-state index in [0.717, 1.165) is 0 Å². The van der Waals surface area contributed by atoms with Gasteiger partial charge < -0.3 is 19.9 Å². The van der Waals surface area contributed by atoms with E-state index in [0.29, 0.717) is 16.6 Å². The third kappa shape index (κ3) is 5.34. The van der Waals surface area contributed by atoms with Crippen molar-refractivity contribution >= 4 is 34.0 Å². The number of carbonyl (C=O) groups excluding carboxylic acids is 2. The summed E-state index contributed by atoms with van der Waals surface area (Å²) in [6.45, 7) is 0.540. The molecule has 0 fully saturated rings. The fraction of sp³-hybridized carbons (Fsp3) is 0.308. The van der Waals surface area contributed by atoms with Crippen molar-refractivity contribution in [2.45, 2.75) is 0 Å². The molecule has 0 aliphatic rings. The first-order chi connectivity index (χ1) is 10.5. The zero-order chi connectivity index (χ0) is 16.5. The predicted molar refractivity (Wildman–Crippen MR) is 83.0 cm³/mol. The van der Waals surface area contributed by atoms with Crippen LogP contribution in [0.25, 0.3) is 0 Å². The summed E-state index contributed by atoms with van der Waals surface area (Å²) in [5, 5.41) is 15.7. The Bertz CT molecular complexity index is 577. The van der Waals surface area contributed by atoms with Gasteiger partial charge in [0.25, 0.3) is 0 Å². The molecule has 0 spiro atoms. The molecule has 0 saturated heterocycles. The number of amides is 2. The maximum atomic E-state index is 11.4. The minimum atomic E-state index is -0.892. The second-order valence-electron chi connectivity index (χ2n) is 4.00. The van der Waals surface area contributed by atoms with Crippen molar-refractivity contribution in [3.8, 4) is 11.5 Å². The van der Waals surface area contributed by atoms with Crippen LogP contribution in [0.5, 0.6) is 11.5 Å². The molecule has 0 unspecified atom stereocenters. The van der Waals surface area contributed by atoms with Crippen LogP contribution in [-0.4, -0.2) is 50.5 Å². The van der Waals surface area contributed by atoms with Crippen molar-refractivity contribution in [2.75, 3.05) is 27.4 Å². The van der Waals surface area contributed by atoms with Crippen LogP contribution in [0, 0.1) is 0 Å². The molecule has 1 aromatic rings. The zero-order valence-electron chi connectivity index (χ0n) is 12.1. The van der Waals surface area contributed by atoms with Crippen LogP contribution in [-0.2, 0) is 14.3 Å². The molecule has 2 amide bonds. The number of phenols is 1. The van der Waals surface area contributed by atoms with Crippen LogP contribution in [0.15, 0.2) is 21.7 Å². The lowest BCUT2D eigenvalue weighted by Crippen LogP contribution is -2.39. The molecule has 8 nitrogen and oxygen atoms in total. The molecular formula is C13H16BrN3O5. The highest BCUT2D eigenvalue weighted by Crippen LogP contribution is 2.34. The molecule has 0 aromatic heterocycles.